The van der Waals surface area contributed by atoms with Crippen LogP contribution in [0.3, 0.4) is 0 Å². The number of carbonyl (C=O) groups is 1. The molecule has 168 valence electrons. The van der Waals surface area contributed by atoms with Gasteiger partial charge in [-0.2, -0.15) is 0 Å². The van der Waals surface area contributed by atoms with Gasteiger partial charge in [0.05, 0.1) is 18.7 Å². The molecule has 1 aliphatic heterocycles. The lowest BCUT2D eigenvalue weighted by Crippen LogP contribution is -2.36. The number of fused-ring (bicyclic) bond motifs is 1. The van der Waals surface area contributed by atoms with Gasteiger partial charge < -0.3 is 14.4 Å². The Labute approximate surface area is 183 Å². The van der Waals surface area contributed by atoms with E-state index >= 15 is 0 Å². The first kappa shape index (κ1) is 23.1. The van der Waals surface area contributed by atoms with Crippen molar-refractivity contribution in [2.75, 3.05) is 19.7 Å². The molecule has 2 aromatic carbocycles. The van der Waals surface area contributed by atoms with Gasteiger partial charge in [-0.25, -0.2) is 9.98 Å². The minimum absolute atomic E-state index is 0.212. The number of allylic oxidation sites excluding steroid dienone is 1. The van der Waals surface area contributed by atoms with Crippen LogP contribution in [0, 0.1) is 0 Å². The number of carbonyl (C=O) groups excluding carboxylic acids is 1. The number of amides is 1. The third-order valence-electron chi connectivity index (χ3n) is 4.52. The lowest BCUT2D eigenvalue weighted by molar-refractivity contribution is -0.274. The molecule has 0 bridgehead atoms. The zero-order chi connectivity index (χ0) is 23.1. The Balaban J connectivity index is 1.86. The van der Waals surface area contributed by atoms with Crippen LogP contribution in [0.1, 0.15) is 24.2 Å². The highest BCUT2D eigenvalue weighted by Gasteiger charge is 2.31. The molecule has 6 nitrogen and oxygen atoms in total. The molecule has 0 spiro atoms. The molecular formula is C23H22F3N3O3. The van der Waals surface area contributed by atoms with Crippen LogP contribution < -0.4 is 9.47 Å². The van der Waals surface area contributed by atoms with E-state index in [1.165, 1.54) is 24.3 Å². The number of rotatable bonds is 5. The zero-order valence-electron chi connectivity index (χ0n) is 17.6. The molecule has 9 heteroatoms. The number of aliphatic imine (C=N–C) groups is 2. The number of alkyl halides is 3. The van der Waals surface area contributed by atoms with Crippen LogP contribution >= 0.6 is 0 Å². The lowest BCUT2D eigenvalue weighted by Gasteiger charge is -2.19. The van der Waals surface area contributed by atoms with E-state index in [4.69, 9.17) is 4.74 Å². The maximum absolute atomic E-state index is 13.2. The topological polar surface area (TPSA) is 63.5 Å². The Hall–Kier alpha value is -3.62. The van der Waals surface area contributed by atoms with Crippen molar-refractivity contribution >= 4 is 18.0 Å². The molecule has 0 atom stereocenters. The van der Waals surface area contributed by atoms with Crippen LogP contribution in [0.15, 0.2) is 64.7 Å². The number of halogens is 3. The smallest absolute Gasteiger partial charge is 0.491 e. The molecule has 32 heavy (non-hydrogen) atoms. The second-order valence-corrected chi connectivity index (χ2v) is 6.77. The van der Waals surface area contributed by atoms with E-state index in [1.807, 2.05) is 6.92 Å². The van der Waals surface area contributed by atoms with Crippen LogP contribution in [-0.2, 0) is 0 Å². The molecule has 0 unspecified atom stereocenters. The van der Waals surface area contributed by atoms with Crippen LogP contribution in [-0.4, -0.2) is 48.9 Å². The summed E-state index contributed by atoms with van der Waals surface area (Å²) in [6.45, 7) is 4.49. The Morgan fingerprint density at radius 3 is 2.53 bits per heavy atom. The van der Waals surface area contributed by atoms with Gasteiger partial charge in [0, 0.05) is 12.4 Å². The molecule has 3 rings (SSSR count). The molecule has 0 radical (unpaired) electrons. The summed E-state index contributed by atoms with van der Waals surface area (Å²) in [4.78, 5) is 23.3. The molecule has 0 aliphatic carbocycles. The monoisotopic (exact) mass is 445 g/mol. The summed E-state index contributed by atoms with van der Waals surface area (Å²) in [5.74, 6) is 0.380. The number of nitrogens with zero attached hydrogens (tertiary/aromatic N) is 3. The minimum atomic E-state index is -4.75. The summed E-state index contributed by atoms with van der Waals surface area (Å²) in [6.07, 6.45) is 0.236. The lowest BCUT2D eigenvalue weighted by atomic mass is 10.0. The third kappa shape index (κ3) is 5.96. The largest absolute Gasteiger partial charge is 0.573 e. The van der Waals surface area contributed by atoms with E-state index < -0.39 is 6.36 Å². The second kappa shape index (κ2) is 10.1. The first-order chi connectivity index (χ1) is 15.3. The van der Waals surface area contributed by atoms with Crippen molar-refractivity contribution < 1.29 is 27.4 Å². The van der Waals surface area contributed by atoms with Gasteiger partial charge in [-0.1, -0.05) is 24.3 Å². The molecule has 2 aromatic rings. The Morgan fingerprint density at radius 2 is 1.88 bits per heavy atom. The number of ether oxygens (including phenoxy) is 2. The molecule has 0 N–H and O–H groups in total. The fourth-order valence-corrected chi connectivity index (χ4v) is 3.14. The van der Waals surface area contributed by atoms with Crippen molar-refractivity contribution in [3.05, 3.63) is 60.3 Å². The number of hydrogen-bond acceptors (Lipinski definition) is 4. The quantitative estimate of drug-likeness (QED) is 0.475. The summed E-state index contributed by atoms with van der Waals surface area (Å²) >= 11 is 0. The highest BCUT2D eigenvalue weighted by Crippen LogP contribution is 2.31. The van der Waals surface area contributed by atoms with E-state index in [1.54, 1.807) is 48.5 Å². The van der Waals surface area contributed by atoms with Gasteiger partial charge >= 0.3 is 6.36 Å². The first-order valence-electron chi connectivity index (χ1n) is 9.89. The predicted octanol–water partition coefficient (Wildman–Crippen LogP) is 5.11. The Morgan fingerprint density at radius 1 is 1.16 bits per heavy atom. The summed E-state index contributed by atoms with van der Waals surface area (Å²) in [6, 6.07) is 10.6. The molecule has 1 aliphatic rings. The van der Waals surface area contributed by atoms with Gasteiger partial charge in [-0.15, -0.1) is 13.2 Å². The van der Waals surface area contributed by atoms with E-state index in [9.17, 15) is 18.0 Å². The van der Waals surface area contributed by atoms with Crippen molar-refractivity contribution in [2.45, 2.75) is 20.2 Å². The summed E-state index contributed by atoms with van der Waals surface area (Å²) < 4.78 is 46.8. The zero-order valence-corrected chi connectivity index (χ0v) is 17.6. The normalized spacial score (nSPS) is 15.1. The van der Waals surface area contributed by atoms with Crippen LogP contribution in [0.2, 0.25) is 0 Å². The summed E-state index contributed by atoms with van der Waals surface area (Å²) in [5, 5.41) is 0. The second-order valence-electron chi connectivity index (χ2n) is 6.77. The van der Waals surface area contributed by atoms with Gasteiger partial charge in [0.2, 0.25) is 0 Å². The molecule has 0 saturated heterocycles. The third-order valence-corrected chi connectivity index (χ3v) is 4.52. The van der Waals surface area contributed by atoms with Crippen molar-refractivity contribution in [3.63, 3.8) is 0 Å². The first-order valence-corrected chi connectivity index (χ1v) is 9.89. The Bertz CT molecular complexity index is 1040. The molecule has 0 aromatic heterocycles. The van der Waals surface area contributed by atoms with E-state index in [-0.39, 0.29) is 18.2 Å². The van der Waals surface area contributed by atoms with Crippen LogP contribution in [0.4, 0.5) is 13.2 Å². The van der Waals surface area contributed by atoms with Crippen molar-refractivity contribution in [1.82, 2.24) is 4.90 Å². The maximum Gasteiger partial charge on any atom is 0.573 e. The highest BCUT2D eigenvalue weighted by molar-refractivity contribution is 6.01. The van der Waals surface area contributed by atoms with Crippen LogP contribution in [0.5, 0.6) is 11.5 Å². The average Bonchev–Trinajstić information content (AvgIpc) is 2.90. The van der Waals surface area contributed by atoms with Gasteiger partial charge in [0.1, 0.15) is 23.9 Å². The van der Waals surface area contributed by atoms with Gasteiger partial charge in [0.25, 0.3) is 5.91 Å². The molecule has 0 saturated carbocycles. The van der Waals surface area contributed by atoms with Crippen molar-refractivity contribution in [1.29, 1.82) is 0 Å². The fourth-order valence-electron chi connectivity index (χ4n) is 3.14. The molecule has 0 fully saturated rings. The van der Waals surface area contributed by atoms with Gasteiger partial charge in [-0.3, -0.25) is 4.79 Å². The fraction of sp³-hybridized carbons (Fsp3) is 0.261. The van der Waals surface area contributed by atoms with Gasteiger partial charge in [-0.05, 0) is 49.2 Å². The van der Waals surface area contributed by atoms with E-state index in [0.29, 0.717) is 41.4 Å². The average molecular weight is 445 g/mol. The van der Waals surface area contributed by atoms with E-state index in [2.05, 4.69) is 14.7 Å². The Kier molecular flexibility index (Phi) is 7.29. The van der Waals surface area contributed by atoms with E-state index in [0.717, 1.165) is 0 Å². The van der Waals surface area contributed by atoms with Crippen molar-refractivity contribution in [3.8, 4) is 22.6 Å². The number of benzene rings is 2. The summed E-state index contributed by atoms with van der Waals surface area (Å²) in [7, 11) is 0. The molecule has 1 amide bonds. The molecule has 1 heterocycles. The van der Waals surface area contributed by atoms with Crippen molar-refractivity contribution in [2.24, 2.45) is 9.98 Å². The number of hydrogen-bond donors (Lipinski definition) is 0. The summed E-state index contributed by atoms with van der Waals surface area (Å²) in [5.41, 5.74) is 1.66. The highest BCUT2D eigenvalue weighted by atomic mass is 19.4. The number of amidine groups is 1. The standard InChI is InChI=1S/C23H22F3N3O3/c1-3-11-28-21(27-4-2)15-29-12-13-31-20-10-7-17(14-19(20)22(29)30)16-5-8-18(9-6-16)32-23(24,25)26/h3-11,14H,12-13,15H2,1-2H3/b11-3-,27-4?,28-21?. The van der Waals surface area contributed by atoms with Gasteiger partial charge in [0.15, 0.2) is 0 Å². The maximum atomic E-state index is 13.2. The van der Waals surface area contributed by atoms with Crippen LogP contribution in [0.25, 0.3) is 11.1 Å². The molecular weight excluding hydrogens is 423 g/mol. The SMILES string of the molecule is CC=NC(CN1CCOc2ccc(-c3ccc(OC(F)(F)F)cc3)cc2C1=O)=N/C=C\C. The predicted molar refractivity (Wildman–Crippen MR) is 116 cm³/mol. The minimum Gasteiger partial charge on any atom is -0.491 e.